The number of nitrogens with two attached hydrogens (primary N) is 2. The summed E-state index contributed by atoms with van der Waals surface area (Å²) in [7, 11) is 0. The number of nitrogens with zero attached hydrogens (tertiary/aromatic N) is 4. The molecule has 2 aromatic heterocycles. The second-order valence-electron chi connectivity index (χ2n) is 6.01. The number of amides is 1. The molecule has 0 radical (unpaired) electrons. The number of hydrogen-bond donors (Lipinski definition) is 3. The highest BCUT2D eigenvalue weighted by molar-refractivity contribution is 5.96. The molecule has 0 aliphatic carbocycles. The third kappa shape index (κ3) is 3.98. The minimum absolute atomic E-state index is 0.00924. The molecule has 0 saturated carbocycles. The molecule has 3 rings (SSSR count). The third-order valence-corrected chi connectivity index (χ3v) is 4.07. The highest BCUT2D eigenvalue weighted by Gasteiger charge is 2.18. The number of carbonyl (C=O) groups excluding carboxylic acids is 2. The summed E-state index contributed by atoms with van der Waals surface area (Å²) in [6.45, 7) is 1.78. The minimum Gasteiger partial charge on any atom is -0.364 e. The van der Waals surface area contributed by atoms with Crippen LogP contribution in [0.25, 0.3) is 10.8 Å². The molecule has 0 saturated heterocycles. The summed E-state index contributed by atoms with van der Waals surface area (Å²) in [6.07, 6.45) is 5.81. The molecule has 5 N–H and O–H groups in total. The number of aldehydes is 1. The highest BCUT2D eigenvalue weighted by Crippen LogP contribution is 2.24. The van der Waals surface area contributed by atoms with E-state index < -0.39 is 5.91 Å². The molecule has 1 amide bonds. The fourth-order valence-corrected chi connectivity index (χ4v) is 2.55. The summed E-state index contributed by atoms with van der Waals surface area (Å²) in [5, 5.41) is 6.34. The third-order valence-electron chi connectivity index (χ3n) is 4.07. The van der Waals surface area contributed by atoms with Crippen LogP contribution < -0.4 is 21.9 Å². The van der Waals surface area contributed by atoms with Gasteiger partial charge in [-0.1, -0.05) is 6.07 Å². The van der Waals surface area contributed by atoms with Crippen molar-refractivity contribution in [2.45, 2.75) is 19.4 Å². The number of aromatic nitrogens is 3. The number of rotatable bonds is 7. The largest absolute Gasteiger partial charge is 0.364 e. The fraction of sp³-hybridized carbons (Fsp3) is 0.167. The summed E-state index contributed by atoms with van der Waals surface area (Å²) in [4.78, 5) is 35.0. The molecular weight excluding hydrogens is 346 g/mol. The van der Waals surface area contributed by atoms with Crippen molar-refractivity contribution < 1.29 is 9.59 Å². The van der Waals surface area contributed by atoms with Crippen molar-refractivity contribution in [3.05, 3.63) is 48.5 Å². The average Bonchev–Trinajstić information content (AvgIpc) is 2.67. The smallest absolute Gasteiger partial charge is 0.271 e. The van der Waals surface area contributed by atoms with Crippen LogP contribution in [0, 0.1) is 0 Å². The molecule has 0 bridgehead atoms. The van der Waals surface area contributed by atoms with E-state index in [4.69, 9.17) is 11.6 Å². The molecule has 0 aliphatic rings. The lowest BCUT2D eigenvalue weighted by molar-refractivity contribution is -0.108. The SMILES string of the molecule is C[C@H](CC=O)N(N)c1cnc(C(N)=O)c(Nc2ccc3cnccc3c2)n1. The zero-order valence-electron chi connectivity index (χ0n) is 14.7. The van der Waals surface area contributed by atoms with E-state index >= 15 is 0 Å². The Morgan fingerprint density at radius 2 is 2.11 bits per heavy atom. The van der Waals surface area contributed by atoms with E-state index in [2.05, 4.69) is 20.3 Å². The van der Waals surface area contributed by atoms with E-state index in [9.17, 15) is 9.59 Å². The number of hydrogen-bond acceptors (Lipinski definition) is 8. The summed E-state index contributed by atoms with van der Waals surface area (Å²) < 4.78 is 0. The Labute approximate surface area is 155 Å². The number of benzene rings is 1. The molecule has 0 aliphatic heterocycles. The molecule has 0 unspecified atom stereocenters. The van der Waals surface area contributed by atoms with Crippen molar-refractivity contribution in [1.29, 1.82) is 0 Å². The maximum Gasteiger partial charge on any atom is 0.271 e. The monoisotopic (exact) mass is 365 g/mol. The first-order chi connectivity index (χ1) is 13.0. The molecule has 0 spiro atoms. The molecule has 9 heteroatoms. The number of nitrogens with one attached hydrogen (secondary N) is 1. The lowest BCUT2D eigenvalue weighted by atomic mass is 10.1. The van der Waals surface area contributed by atoms with Gasteiger partial charge in [0, 0.05) is 29.9 Å². The van der Waals surface area contributed by atoms with Crippen molar-refractivity contribution in [3.8, 4) is 0 Å². The number of carbonyl (C=O) groups is 2. The van der Waals surface area contributed by atoms with Crippen molar-refractivity contribution in [1.82, 2.24) is 15.0 Å². The van der Waals surface area contributed by atoms with Gasteiger partial charge in [0.2, 0.25) is 0 Å². The minimum atomic E-state index is -0.717. The predicted octanol–water partition coefficient (Wildman–Crippen LogP) is 1.52. The quantitative estimate of drug-likeness (QED) is 0.325. The van der Waals surface area contributed by atoms with Crippen LogP contribution in [0.3, 0.4) is 0 Å². The number of anilines is 3. The molecule has 3 aromatic rings. The van der Waals surface area contributed by atoms with Gasteiger partial charge in [-0.3, -0.25) is 14.8 Å². The molecule has 0 fully saturated rings. The molecule has 9 nitrogen and oxygen atoms in total. The standard InChI is InChI=1S/C18H19N7O2/c1-11(5-7-26)25(20)15-10-22-16(17(19)27)18(24-15)23-14-3-2-13-9-21-6-4-12(13)8-14/h2-4,6-11H,5,20H2,1H3,(H2,19,27)(H,23,24)/t11-/m1/s1. The van der Waals surface area contributed by atoms with Crippen LogP contribution in [-0.4, -0.2) is 33.2 Å². The van der Waals surface area contributed by atoms with Gasteiger partial charge in [0.1, 0.15) is 6.29 Å². The van der Waals surface area contributed by atoms with Gasteiger partial charge in [-0.25, -0.2) is 15.8 Å². The maximum absolute atomic E-state index is 11.7. The van der Waals surface area contributed by atoms with Crippen LogP contribution in [-0.2, 0) is 4.79 Å². The molecule has 27 heavy (non-hydrogen) atoms. The molecular formula is C18H19N7O2. The summed E-state index contributed by atoms with van der Waals surface area (Å²) >= 11 is 0. The van der Waals surface area contributed by atoms with Crippen LogP contribution in [0.4, 0.5) is 17.3 Å². The van der Waals surface area contributed by atoms with Gasteiger partial charge in [0.25, 0.3) is 5.91 Å². The Kier molecular flexibility index (Phi) is 5.23. The van der Waals surface area contributed by atoms with Crippen molar-refractivity contribution in [2.24, 2.45) is 11.6 Å². The molecule has 2 heterocycles. The van der Waals surface area contributed by atoms with Crippen LogP contribution >= 0.6 is 0 Å². The first-order valence-corrected chi connectivity index (χ1v) is 8.25. The first-order valence-electron chi connectivity index (χ1n) is 8.25. The molecule has 1 aromatic carbocycles. The number of hydrazine groups is 1. The normalized spacial score (nSPS) is 11.8. The van der Waals surface area contributed by atoms with Crippen LogP contribution in [0.5, 0.6) is 0 Å². The van der Waals surface area contributed by atoms with Gasteiger partial charge in [-0.05, 0) is 30.5 Å². The summed E-state index contributed by atoms with van der Waals surface area (Å²) in [5.41, 5.74) is 6.10. The van der Waals surface area contributed by atoms with Crippen molar-refractivity contribution >= 4 is 40.3 Å². The van der Waals surface area contributed by atoms with Crippen LogP contribution in [0.1, 0.15) is 23.8 Å². The predicted molar refractivity (Wildman–Crippen MR) is 102 cm³/mol. The Bertz CT molecular complexity index is 992. The van der Waals surface area contributed by atoms with Gasteiger partial charge < -0.3 is 15.8 Å². The van der Waals surface area contributed by atoms with E-state index in [1.54, 1.807) is 19.3 Å². The van der Waals surface area contributed by atoms with Gasteiger partial charge in [-0.2, -0.15) is 0 Å². The Balaban J connectivity index is 1.96. The summed E-state index contributed by atoms with van der Waals surface area (Å²) in [6, 6.07) is 7.22. The second kappa shape index (κ2) is 7.75. The zero-order valence-corrected chi connectivity index (χ0v) is 14.7. The number of pyridine rings is 1. The first kappa shape index (κ1) is 18.2. The number of fused-ring (bicyclic) bond motifs is 1. The Morgan fingerprint density at radius 3 is 2.85 bits per heavy atom. The number of primary amides is 1. The average molecular weight is 365 g/mol. The van der Waals surface area contributed by atoms with E-state index in [-0.39, 0.29) is 24.0 Å². The fourth-order valence-electron chi connectivity index (χ4n) is 2.55. The van der Waals surface area contributed by atoms with E-state index in [1.807, 2.05) is 24.3 Å². The molecule has 1 atom stereocenters. The van der Waals surface area contributed by atoms with Crippen molar-refractivity contribution in [2.75, 3.05) is 10.3 Å². The molecule has 138 valence electrons. The highest BCUT2D eigenvalue weighted by atomic mass is 16.1. The van der Waals surface area contributed by atoms with Crippen LogP contribution in [0.2, 0.25) is 0 Å². The second-order valence-corrected chi connectivity index (χ2v) is 6.01. The topological polar surface area (TPSA) is 140 Å². The van der Waals surface area contributed by atoms with E-state index in [1.165, 1.54) is 11.2 Å². The summed E-state index contributed by atoms with van der Waals surface area (Å²) in [5.74, 6) is 5.78. The van der Waals surface area contributed by atoms with Crippen molar-refractivity contribution in [3.63, 3.8) is 0 Å². The zero-order chi connectivity index (χ0) is 19.4. The maximum atomic E-state index is 11.7. The van der Waals surface area contributed by atoms with Gasteiger partial charge in [0.15, 0.2) is 17.3 Å². The van der Waals surface area contributed by atoms with E-state index in [0.717, 1.165) is 17.1 Å². The van der Waals surface area contributed by atoms with E-state index in [0.29, 0.717) is 11.5 Å². The van der Waals surface area contributed by atoms with Gasteiger partial charge >= 0.3 is 0 Å². The van der Waals surface area contributed by atoms with Crippen LogP contribution in [0.15, 0.2) is 42.9 Å². The lowest BCUT2D eigenvalue weighted by Crippen LogP contribution is -2.40. The Morgan fingerprint density at radius 1 is 1.30 bits per heavy atom. The van der Waals surface area contributed by atoms with Gasteiger partial charge in [-0.15, -0.1) is 0 Å². The lowest BCUT2D eigenvalue weighted by Gasteiger charge is -2.24. The Hall–Kier alpha value is -3.59. The van der Waals surface area contributed by atoms with Gasteiger partial charge in [0.05, 0.1) is 12.2 Å².